The summed E-state index contributed by atoms with van der Waals surface area (Å²) in [6.07, 6.45) is 3.48. The molecule has 0 N–H and O–H groups in total. The summed E-state index contributed by atoms with van der Waals surface area (Å²) in [5.74, 6) is 0.232. The van der Waals surface area contributed by atoms with E-state index in [1.165, 1.54) is 0 Å². The van der Waals surface area contributed by atoms with Crippen LogP contribution in [0.25, 0.3) is 0 Å². The van der Waals surface area contributed by atoms with Gasteiger partial charge in [-0.05, 0) is 24.1 Å². The monoisotopic (exact) mass is 229 g/mol. The summed E-state index contributed by atoms with van der Waals surface area (Å²) in [6, 6.07) is 3.53. The number of halogens is 2. The van der Waals surface area contributed by atoms with Crippen LogP contribution < -0.4 is 4.74 Å². The smallest absolute Gasteiger partial charge is 0.292 e. The Bertz CT molecular complexity index is 348. The van der Waals surface area contributed by atoms with Crippen molar-refractivity contribution in [1.29, 1.82) is 5.26 Å². The number of nitriles is 1. The van der Waals surface area contributed by atoms with Gasteiger partial charge in [0.15, 0.2) is 5.75 Å². The van der Waals surface area contributed by atoms with Gasteiger partial charge in [0, 0.05) is 0 Å². The van der Waals surface area contributed by atoms with Crippen molar-refractivity contribution in [2.75, 3.05) is 0 Å². The first-order valence-corrected chi connectivity index (χ1v) is 4.98. The van der Waals surface area contributed by atoms with Crippen molar-refractivity contribution in [3.05, 3.63) is 27.7 Å². The van der Waals surface area contributed by atoms with Crippen molar-refractivity contribution in [2.24, 2.45) is 0 Å². The van der Waals surface area contributed by atoms with E-state index < -0.39 is 0 Å². The van der Waals surface area contributed by atoms with E-state index in [9.17, 15) is 0 Å². The van der Waals surface area contributed by atoms with E-state index in [1.807, 2.05) is 0 Å². The molecule has 1 aromatic rings. The molecule has 1 aromatic carbocycles. The summed E-state index contributed by atoms with van der Waals surface area (Å²) < 4.78 is 4.64. The maximum atomic E-state index is 8.35. The summed E-state index contributed by atoms with van der Waals surface area (Å²) in [7, 11) is 0. The molecule has 0 amide bonds. The molecule has 0 aliphatic heterocycles. The zero-order chi connectivity index (χ0) is 10.6. The molecule has 0 aromatic heterocycles. The Balaban J connectivity index is 3.06. The quantitative estimate of drug-likeness (QED) is 0.739. The molecule has 0 unspecified atom stereocenters. The van der Waals surface area contributed by atoms with Crippen LogP contribution in [0.4, 0.5) is 0 Å². The Labute approximate surface area is 93.0 Å². The highest BCUT2D eigenvalue weighted by Crippen LogP contribution is 2.34. The van der Waals surface area contributed by atoms with Crippen molar-refractivity contribution in [1.82, 2.24) is 0 Å². The molecule has 2 nitrogen and oxygen atoms in total. The lowest BCUT2D eigenvalue weighted by atomic mass is 10.1. The van der Waals surface area contributed by atoms with Gasteiger partial charge in [-0.3, -0.25) is 0 Å². The first-order valence-electron chi connectivity index (χ1n) is 4.23. The zero-order valence-electron chi connectivity index (χ0n) is 7.68. The standard InChI is InChI=1S/C10H9Cl2NO/c1-2-3-7-4-8(11)10(14-6-13)9(12)5-7/h4-5H,2-3H2,1H3. The Hall–Kier alpha value is -0.910. The lowest BCUT2D eigenvalue weighted by Crippen LogP contribution is -1.89. The molecular weight excluding hydrogens is 221 g/mol. The lowest BCUT2D eigenvalue weighted by Gasteiger charge is -2.05. The van der Waals surface area contributed by atoms with Crippen molar-refractivity contribution in [2.45, 2.75) is 19.8 Å². The van der Waals surface area contributed by atoms with Gasteiger partial charge in [0.1, 0.15) is 0 Å². The maximum Gasteiger partial charge on any atom is 0.292 e. The van der Waals surface area contributed by atoms with Crippen LogP contribution in [0.2, 0.25) is 10.0 Å². The van der Waals surface area contributed by atoms with E-state index in [0.29, 0.717) is 10.0 Å². The van der Waals surface area contributed by atoms with Crippen LogP contribution in [-0.2, 0) is 6.42 Å². The van der Waals surface area contributed by atoms with Crippen molar-refractivity contribution < 1.29 is 4.74 Å². The van der Waals surface area contributed by atoms with E-state index in [-0.39, 0.29) is 5.75 Å². The van der Waals surface area contributed by atoms with Crippen LogP contribution in [-0.4, -0.2) is 0 Å². The van der Waals surface area contributed by atoms with E-state index in [1.54, 1.807) is 18.4 Å². The molecule has 0 atom stereocenters. The van der Waals surface area contributed by atoms with E-state index in [4.69, 9.17) is 28.5 Å². The molecule has 4 heteroatoms. The van der Waals surface area contributed by atoms with Crippen LogP contribution in [0.3, 0.4) is 0 Å². The van der Waals surface area contributed by atoms with E-state index >= 15 is 0 Å². The molecule has 14 heavy (non-hydrogen) atoms. The molecule has 0 aliphatic carbocycles. The number of ether oxygens (including phenoxy) is 1. The largest absolute Gasteiger partial charge is 0.385 e. The fourth-order valence-electron chi connectivity index (χ4n) is 1.19. The van der Waals surface area contributed by atoms with E-state index in [2.05, 4.69) is 11.7 Å². The van der Waals surface area contributed by atoms with Gasteiger partial charge in [-0.25, -0.2) is 0 Å². The number of hydrogen-bond donors (Lipinski definition) is 0. The molecule has 0 aliphatic rings. The minimum Gasteiger partial charge on any atom is -0.385 e. The number of rotatable bonds is 3. The molecule has 1 rings (SSSR count). The minimum absolute atomic E-state index is 0.232. The molecule has 0 fully saturated rings. The number of hydrogen-bond acceptors (Lipinski definition) is 2. The number of aryl methyl sites for hydroxylation is 1. The van der Waals surface area contributed by atoms with Crippen LogP contribution >= 0.6 is 23.2 Å². The molecule has 0 saturated carbocycles. The average molecular weight is 230 g/mol. The highest BCUT2D eigenvalue weighted by molar-refractivity contribution is 6.37. The number of benzene rings is 1. The van der Waals surface area contributed by atoms with Gasteiger partial charge in [-0.1, -0.05) is 36.5 Å². The zero-order valence-corrected chi connectivity index (χ0v) is 9.19. The minimum atomic E-state index is 0.232. The topological polar surface area (TPSA) is 33.0 Å². The molecule has 0 bridgehead atoms. The Kier molecular flexibility index (Phi) is 4.06. The summed E-state index contributed by atoms with van der Waals surface area (Å²) in [5.41, 5.74) is 1.05. The molecule has 74 valence electrons. The Morgan fingerprint density at radius 3 is 2.36 bits per heavy atom. The summed E-state index contributed by atoms with van der Waals surface area (Å²) in [5, 5.41) is 9.11. The van der Waals surface area contributed by atoms with Crippen LogP contribution in [0.1, 0.15) is 18.9 Å². The Morgan fingerprint density at radius 2 is 1.93 bits per heavy atom. The molecule has 0 saturated heterocycles. The van der Waals surface area contributed by atoms with Crippen molar-refractivity contribution in [3.8, 4) is 12.0 Å². The van der Waals surface area contributed by atoms with Crippen LogP contribution in [0, 0.1) is 11.5 Å². The highest BCUT2D eigenvalue weighted by atomic mass is 35.5. The second-order valence-electron chi connectivity index (χ2n) is 2.83. The molecule has 0 heterocycles. The second kappa shape index (κ2) is 5.09. The Morgan fingerprint density at radius 1 is 1.36 bits per heavy atom. The highest BCUT2D eigenvalue weighted by Gasteiger charge is 2.09. The van der Waals surface area contributed by atoms with Crippen LogP contribution in [0.5, 0.6) is 5.75 Å². The first kappa shape index (κ1) is 11.2. The van der Waals surface area contributed by atoms with Crippen LogP contribution in [0.15, 0.2) is 12.1 Å². The van der Waals surface area contributed by atoms with E-state index in [0.717, 1.165) is 18.4 Å². The summed E-state index contributed by atoms with van der Waals surface area (Å²) in [6.45, 7) is 2.07. The number of nitrogens with zero attached hydrogens (tertiary/aromatic N) is 1. The normalized spacial score (nSPS) is 9.57. The third-order valence-corrected chi connectivity index (χ3v) is 2.31. The lowest BCUT2D eigenvalue weighted by molar-refractivity contribution is 0.507. The predicted octanol–water partition coefficient (Wildman–Crippen LogP) is 3.81. The molecular formula is C10H9Cl2NO. The average Bonchev–Trinajstić information content (AvgIpc) is 2.12. The van der Waals surface area contributed by atoms with Gasteiger partial charge in [-0.2, -0.15) is 0 Å². The van der Waals surface area contributed by atoms with Gasteiger partial charge >= 0.3 is 0 Å². The van der Waals surface area contributed by atoms with Gasteiger partial charge in [-0.15, -0.1) is 5.26 Å². The summed E-state index contributed by atoms with van der Waals surface area (Å²) in [4.78, 5) is 0. The maximum absolute atomic E-state index is 8.35. The fraction of sp³-hybridized carbons (Fsp3) is 0.300. The van der Waals surface area contributed by atoms with Gasteiger partial charge in [0.2, 0.25) is 0 Å². The first-order chi connectivity index (χ1) is 6.69. The SMILES string of the molecule is CCCc1cc(Cl)c(OC#N)c(Cl)c1. The van der Waals surface area contributed by atoms with Gasteiger partial charge < -0.3 is 4.74 Å². The van der Waals surface area contributed by atoms with Crippen molar-refractivity contribution >= 4 is 23.2 Å². The predicted molar refractivity (Wildman–Crippen MR) is 56.7 cm³/mol. The van der Waals surface area contributed by atoms with Gasteiger partial charge in [0.25, 0.3) is 6.26 Å². The third kappa shape index (κ3) is 2.54. The molecule has 0 radical (unpaired) electrons. The van der Waals surface area contributed by atoms with Crippen molar-refractivity contribution in [3.63, 3.8) is 0 Å². The third-order valence-electron chi connectivity index (χ3n) is 1.74. The molecule has 0 spiro atoms. The van der Waals surface area contributed by atoms with Gasteiger partial charge in [0.05, 0.1) is 10.0 Å². The fourth-order valence-corrected chi connectivity index (χ4v) is 1.80. The second-order valence-corrected chi connectivity index (χ2v) is 3.65. The summed E-state index contributed by atoms with van der Waals surface area (Å²) >= 11 is 11.8.